The van der Waals surface area contributed by atoms with Crippen molar-refractivity contribution in [2.24, 2.45) is 0 Å². The lowest BCUT2D eigenvalue weighted by Gasteiger charge is -2.35. The van der Waals surface area contributed by atoms with Gasteiger partial charge < -0.3 is 26.1 Å². The van der Waals surface area contributed by atoms with Gasteiger partial charge in [0.25, 0.3) is 0 Å². The van der Waals surface area contributed by atoms with Gasteiger partial charge in [0, 0.05) is 61.9 Å². The van der Waals surface area contributed by atoms with Crippen LogP contribution in [0.25, 0.3) is 0 Å². The van der Waals surface area contributed by atoms with Gasteiger partial charge in [0.2, 0.25) is 17.7 Å². The fraction of sp³-hybridized carbons (Fsp3) is 0.773. The molecule has 194 valence electrons. The van der Waals surface area contributed by atoms with Crippen LogP contribution in [0.4, 0.5) is 0 Å². The van der Waals surface area contributed by atoms with E-state index in [9.17, 15) is 24.0 Å². The Labute approximate surface area is 214 Å². The minimum Gasteiger partial charge on any atom is -0.353 e. The lowest BCUT2D eigenvalue weighted by atomic mass is 9.99. The maximum absolute atomic E-state index is 12.6. The first-order valence-electron chi connectivity index (χ1n) is 12.1. The molecule has 1 aliphatic rings. The summed E-state index contributed by atoms with van der Waals surface area (Å²) in [5, 5.41) is 12.3. The molecule has 1 rings (SSSR count). The van der Waals surface area contributed by atoms with E-state index in [4.69, 9.17) is 1.37 Å². The second-order valence-electron chi connectivity index (χ2n) is 8.06. The van der Waals surface area contributed by atoms with Gasteiger partial charge in [-0.05, 0) is 33.2 Å². The number of carbonyl (C=O) groups is 5. The summed E-state index contributed by atoms with van der Waals surface area (Å²) in [7, 11) is 3.98. The molecule has 0 saturated heterocycles. The SMILES string of the molecule is [3H]C(P)C(=O)CNC(=O)CCC(=O)N[C@H](CCC(C)=O)C(=O)NCCSC1CCC1SCCNC. The van der Waals surface area contributed by atoms with Crippen LogP contribution in [-0.2, 0) is 24.0 Å². The van der Waals surface area contributed by atoms with E-state index in [-0.39, 0.29) is 43.9 Å². The molecule has 0 radical (unpaired) electrons. The van der Waals surface area contributed by atoms with Crippen molar-refractivity contribution < 1.29 is 25.3 Å². The molecule has 34 heavy (non-hydrogen) atoms. The number of Topliss-reactive ketones (excluding diaryl/α,β-unsaturated/α-hetero) is 2. The Morgan fingerprint density at radius 1 is 0.971 bits per heavy atom. The number of hydrogen-bond donors (Lipinski definition) is 4. The molecule has 12 heteroatoms. The first-order chi connectivity index (χ1) is 16.6. The van der Waals surface area contributed by atoms with E-state index in [2.05, 4.69) is 21.3 Å². The predicted molar refractivity (Wildman–Crippen MR) is 142 cm³/mol. The van der Waals surface area contributed by atoms with E-state index in [0.29, 0.717) is 17.0 Å². The number of rotatable bonds is 19. The molecule has 0 bridgehead atoms. The van der Waals surface area contributed by atoms with Crippen molar-refractivity contribution in [3.8, 4) is 0 Å². The summed E-state index contributed by atoms with van der Waals surface area (Å²) >= 11 is 3.84. The fourth-order valence-electron chi connectivity index (χ4n) is 3.08. The first-order valence-corrected chi connectivity index (χ1v) is 14.3. The Kier molecular flexibility index (Phi) is 15.5. The molecular weight excluding hydrogens is 495 g/mol. The smallest absolute Gasteiger partial charge is 0.242 e. The highest BCUT2D eigenvalue weighted by molar-refractivity contribution is 8.04. The van der Waals surface area contributed by atoms with E-state index in [1.807, 2.05) is 39.8 Å². The van der Waals surface area contributed by atoms with E-state index in [0.717, 1.165) is 18.1 Å². The second kappa shape index (κ2) is 18.2. The zero-order valence-electron chi connectivity index (χ0n) is 21.0. The molecule has 0 aromatic carbocycles. The molecule has 1 aliphatic carbocycles. The van der Waals surface area contributed by atoms with Crippen molar-refractivity contribution in [2.45, 2.75) is 62.0 Å². The number of thioether (sulfide) groups is 2. The van der Waals surface area contributed by atoms with Gasteiger partial charge in [0.1, 0.15) is 11.8 Å². The van der Waals surface area contributed by atoms with Crippen molar-refractivity contribution in [3.63, 3.8) is 0 Å². The van der Waals surface area contributed by atoms with Crippen molar-refractivity contribution in [1.29, 1.82) is 0 Å². The second-order valence-corrected chi connectivity index (χ2v) is 11.1. The van der Waals surface area contributed by atoms with Gasteiger partial charge in [-0.25, -0.2) is 0 Å². The van der Waals surface area contributed by atoms with Crippen LogP contribution >= 0.6 is 32.8 Å². The molecule has 0 aromatic heterocycles. The van der Waals surface area contributed by atoms with Gasteiger partial charge in [0.05, 0.1) is 6.54 Å². The molecule has 0 aromatic rings. The topological polar surface area (TPSA) is 133 Å². The lowest BCUT2D eigenvalue weighted by molar-refractivity contribution is -0.130. The van der Waals surface area contributed by atoms with Crippen molar-refractivity contribution >= 4 is 62.1 Å². The van der Waals surface area contributed by atoms with Gasteiger partial charge >= 0.3 is 0 Å². The van der Waals surface area contributed by atoms with Gasteiger partial charge in [-0.1, -0.05) is 0 Å². The largest absolute Gasteiger partial charge is 0.353 e. The van der Waals surface area contributed by atoms with E-state index in [1.54, 1.807) is 0 Å². The summed E-state index contributed by atoms with van der Waals surface area (Å²) in [6, 6.07) is -0.851. The molecule has 4 N–H and O–H groups in total. The third kappa shape index (κ3) is 13.7. The van der Waals surface area contributed by atoms with Crippen LogP contribution in [0.15, 0.2) is 0 Å². The van der Waals surface area contributed by atoms with Crippen molar-refractivity contribution in [1.82, 2.24) is 21.3 Å². The molecule has 4 unspecified atom stereocenters. The number of amides is 3. The molecule has 1 fully saturated rings. The quantitative estimate of drug-likeness (QED) is 0.139. The minimum atomic E-state index is -1.00. The van der Waals surface area contributed by atoms with Crippen LogP contribution in [0.5, 0.6) is 0 Å². The number of nitrogens with one attached hydrogen (secondary N) is 4. The molecule has 0 spiro atoms. The number of ketones is 2. The summed E-state index contributed by atoms with van der Waals surface area (Å²) in [6.07, 6.45) is 1.46. The Morgan fingerprint density at radius 3 is 2.15 bits per heavy atom. The van der Waals surface area contributed by atoms with E-state index in [1.165, 1.54) is 19.8 Å². The standard InChI is InChI=1S/C22H39N4O5PS2/c1-15(27)3-4-17(26-21(30)8-7-20(29)25-13-16(28)14-32)22(31)24-10-12-34-19-6-5-18(19)33-11-9-23-2/h17-19,23H,3-14,32H2,1-2H3,(H,24,31)(H,25,29)(H,26,30)/t17-,18?,19?/m1/s1/i14T/t14?,17-,18?,19?. The van der Waals surface area contributed by atoms with Crippen LogP contribution in [0.2, 0.25) is 0 Å². The van der Waals surface area contributed by atoms with E-state index < -0.39 is 29.8 Å². The number of carbonyl (C=O) groups excluding carboxylic acids is 5. The summed E-state index contributed by atoms with van der Waals surface area (Å²) in [5.41, 5.74) is 0. The molecule has 3 amide bonds. The minimum absolute atomic E-state index is 0.0785. The van der Waals surface area contributed by atoms with Crippen molar-refractivity contribution in [2.75, 3.05) is 44.3 Å². The predicted octanol–water partition coefficient (Wildman–Crippen LogP) is 0.514. The maximum atomic E-state index is 12.6. The van der Waals surface area contributed by atoms with Gasteiger partial charge in [0.15, 0.2) is 5.78 Å². The van der Waals surface area contributed by atoms with Crippen molar-refractivity contribution in [3.05, 3.63) is 0 Å². The first kappa shape index (κ1) is 29.1. The maximum Gasteiger partial charge on any atom is 0.242 e. The molecule has 1 saturated carbocycles. The number of hydrogen-bond acceptors (Lipinski definition) is 8. The van der Waals surface area contributed by atoms with E-state index >= 15 is 0 Å². The third-order valence-corrected chi connectivity index (χ3v) is 8.64. The van der Waals surface area contributed by atoms with Gasteiger partial charge in [-0.15, -0.1) is 9.24 Å². The monoisotopic (exact) mass is 536 g/mol. The average Bonchev–Trinajstić information content (AvgIpc) is 2.80. The Bertz CT molecular complexity index is 732. The zero-order chi connectivity index (χ0) is 26.2. The zero-order valence-corrected chi connectivity index (χ0v) is 22.8. The van der Waals surface area contributed by atoms with Crippen LogP contribution < -0.4 is 21.3 Å². The highest BCUT2D eigenvalue weighted by Gasteiger charge is 2.31. The van der Waals surface area contributed by atoms with Crippen LogP contribution in [0.3, 0.4) is 0 Å². The average molecular weight is 537 g/mol. The lowest BCUT2D eigenvalue weighted by Crippen LogP contribution is -2.47. The van der Waals surface area contributed by atoms with Crippen LogP contribution in [0, 0.1) is 0 Å². The normalized spacial score (nSPS) is 19.2. The van der Waals surface area contributed by atoms with Gasteiger partial charge in [-0.2, -0.15) is 23.5 Å². The highest BCUT2D eigenvalue weighted by atomic mass is 32.2. The summed E-state index contributed by atoms with van der Waals surface area (Å²) < 4.78 is 7.25. The molecule has 5 atom stereocenters. The Morgan fingerprint density at radius 2 is 1.59 bits per heavy atom. The molecule has 0 aliphatic heterocycles. The molecular formula is C22H39N4O5PS2. The third-order valence-electron chi connectivity index (χ3n) is 5.23. The van der Waals surface area contributed by atoms with Crippen LogP contribution in [-0.4, -0.2) is 90.2 Å². The Hall–Kier alpha value is -1.16. The highest BCUT2D eigenvalue weighted by Crippen LogP contribution is 2.39. The summed E-state index contributed by atoms with van der Waals surface area (Å²) in [5.74, 6) is 0.0318. The Balaban J connectivity index is 2.38. The molecule has 9 nitrogen and oxygen atoms in total. The fourth-order valence-corrected chi connectivity index (χ4v) is 6.13. The van der Waals surface area contributed by atoms with Gasteiger partial charge in [-0.3, -0.25) is 19.2 Å². The summed E-state index contributed by atoms with van der Waals surface area (Å²) in [6.45, 7) is 2.63. The summed E-state index contributed by atoms with van der Waals surface area (Å²) in [4.78, 5) is 59.5. The van der Waals surface area contributed by atoms with Crippen LogP contribution in [0.1, 0.15) is 46.8 Å². The molecule has 0 heterocycles.